The Labute approximate surface area is 119 Å². The lowest BCUT2D eigenvalue weighted by molar-refractivity contribution is -0.0412. The summed E-state index contributed by atoms with van der Waals surface area (Å²) in [6.07, 6.45) is -0.830. The van der Waals surface area contributed by atoms with Crippen LogP contribution in [-0.2, 0) is 10.0 Å². The van der Waals surface area contributed by atoms with Crippen molar-refractivity contribution in [3.8, 4) is 0 Å². The fourth-order valence-corrected chi connectivity index (χ4v) is 3.75. The first kappa shape index (κ1) is 14.9. The minimum absolute atomic E-state index is 0.134. The molecule has 7 heteroatoms. The van der Waals surface area contributed by atoms with Gasteiger partial charge >= 0.3 is 0 Å². The normalized spacial score (nSPS) is 20.4. The molecule has 0 unspecified atom stereocenters. The predicted molar refractivity (Wildman–Crippen MR) is 71.8 cm³/mol. The molecule has 0 amide bonds. The van der Waals surface area contributed by atoms with Gasteiger partial charge in [0.25, 0.3) is 5.92 Å². The molecule has 0 saturated carbocycles. The molecule has 0 spiro atoms. The molecule has 1 aromatic carbocycles. The van der Waals surface area contributed by atoms with Gasteiger partial charge in [-0.3, -0.25) is 0 Å². The third-order valence-corrected chi connectivity index (χ3v) is 6.01. The molecular formula is C12H14BrF2NO2S. The second-order valence-corrected chi connectivity index (χ2v) is 7.46. The molecule has 0 radical (unpaired) electrons. The second-order valence-electron chi connectivity index (χ2n) is 4.67. The van der Waals surface area contributed by atoms with Crippen LogP contribution in [0.3, 0.4) is 0 Å². The maximum Gasteiger partial charge on any atom is 0.250 e. The number of aryl methyl sites for hydroxylation is 1. The number of sulfonamides is 1. The number of hydrogen-bond donors (Lipinski definition) is 0. The molecule has 3 nitrogen and oxygen atoms in total. The van der Waals surface area contributed by atoms with Crippen molar-refractivity contribution < 1.29 is 17.2 Å². The van der Waals surface area contributed by atoms with Crippen molar-refractivity contribution in [2.75, 3.05) is 13.1 Å². The molecule has 0 atom stereocenters. The number of nitrogens with zero attached hydrogens (tertiary/aromatic N) is 1. The van der Waals surface area contributed by atoms with Crippen molar-refractivity contribution in [3.05, 3.63) is 28.2 Å². The van der Waals surface area contributed by atoms with Crippen molar-refractivity contribution in [2.24, 2.45) is 0 Å². The maximum absolute atomic E-state index is 13.1. The van der Waals surface area contributed by atoms with Crippen LogP contribution in [0, 0.1) is 6.92 Å². The zero-order valence-corrected chi connectivity index (χ0v) is 12.8. The molecule has 0 N–H and O–H groups in total. The van der Waals surface area contributed by atoms with Gasteiger partial charge in [-0.1, -0.05) is 15.9 Å². The minimum atomic E-state index is -3.67. The lowest BCUT2D eigenvalue weighted by atomic mass is 10.1. The second kappa shape index (κ2) is 5.10. The minimum Gasteiger partial charge on any atom is -0.207 e. The van der Waals surface area contributed by atoms with E-state index in [1.54, 1.807) is 19.1 Å². The summed E-state index contributed by atoms with van der Waals surface area (Å²) in [4.78, 5) is 0.151. The standard InChI is InChI=1S/C12H14BrF2NO2S/c1-9-8-10(2-3-11(9)13)19(17,18)16-6-4-12(14,15)5-7-16/h2-3,8H,4-7H2,1H3. The number of rotatable bonds is 2. The Bertz CT molecular complexity index is 579. The molecule has 1 aliphatic rings. The third-order valence-electron chi connectivity index (χ3n) is 3.22. The highest BCUT2D eigenvalue weighted by Crippen LogP contribution is 2.31. The topological polar surface area (TPSA) is 37.4 Å². The summed E-state index contributed by atoms with van der Waals surface area (Å²) < 4.78 is 52.7. The first-order chi connectivity index (χ1) is 8.72. The van der Waals surface area contributed by atoms with Crippen LogP contribution in [0.15, 0.2) is 27.6 Å². The van der Waals surface area contributed by atoms with E-state index in [1.807, 2.05) is 0 Å². The average Bonchev–Trinajstić information content (AvgIpc) is 2.32. The van der Waals surface area contributed by atoms with Crippen LogP contribution in [0.4, 0.5) is 8.78 Å². The summed E-state index contributed by atoms with van der Waals surface area (Å²) in [5.41, 5.74) is 0.795. The van der Waals surface area contributed by atoms with Crippen LogP contribution in [0.5, 0.6) is 0 Å². The van der Waals surface area contributed by atoms with Crippen LogP contribution >= 0.6 is 15.9 Å². The first-order valence-corrected chi connectivity index (χ1v) is 8.10. The van der Waals surface area contributed by atoms with Crippen LogP contribution in [0.1, 0.15) is 18.4 Å². The molecule has 1 fully saturated rings. The van der Waals surface area contributed by atoms with Gasteiger partial charge in [-0.15, -0.1) is 0 Å². The van der Waals surface area contributed by atoms with E-state index in [2.05, 4.69) is 15.9 Å². The number of alkyl halides is 2. The Kier molecular flexibility index (Phi) is 3.99. The lowest BCUT2D eigenvalue weighted by Gasteiger charge is -2.31. The predicted octanol–water partition coefficient (Wildman–Crippen LogP) is 3.18. The molecule has 0 bridgehead atoms. The highest BCUT2D eigenvalue weighted by Gasteiger charge is 2.38. The molecule has 1 aromatic rings. The van der Waals surface area contributed by atoms with Gasteiger partial charge in [-0.05, 0) is 30.7 Å². The zero-order valence-electron chi connectivity index (χ0n) is 10.4. The van der Waals surface area contributed by atoms with E-state index in [0.29, 0.717) is 0 Å². The van der Waals surface area contributed by atoms with Gasteiger partial charge in [0.1, 0.15) is 0 Å². The van der Waals surface area contributed by atoms with Gasteiger partial charge in [0.05, 0.1) is 4.90 Å². The Morgan fingerprint density at radius 2 is 1.84 bits per heavy atom. The van der Waals surface area contributed by atoms with Gasteiger partial charge in [0.2, 0.25) is 10.0 Å². The van der Waals surface area contributed by atoms with Crippen LogP contribution < -0.4 is 0 Å². The third kappa shape index (κ3) is 3.14. The smallest absolute Gasteiger partial charge is 0.207 e. The monoisotopic (exact) mass is 353 g/mol. The van der Waals surface area contributed by atoms with Crippen LogP contribution in [0.2, 0.25) is 0 Å². The fraction of sp³-hybridized carbons (Fsp3) is 0.500. The number of benzene rings is 1. The number of hydrogen-bond acceptors (Lipinski definition) is 2. The first-order valence-electron chi connectivity index (χ1n) is 5.86. The van der Waals surface area contributed by atoms with Crippen molar-refractivity contribution in [1.29, 1.82) is 0 Å². The molecule has 2 rings (SSSR count). The van der Waals surface area contributed by atoms with Crippen molar-refractivity contribution in [2.45, 2.75) is 30.6 Å². The van der Waals surface area contributed by atoms with Crippen molar-refractivity contribution in [1.82, 2.24) is 4.31 Å². The number of halogens is 3. The summed E-state index contributed by atoms with van der Waals surface area (Å²) in [7, 11) is -3.67. The summed E-state index contributed by atoms with van der Waals surface area (Å²) in [5, 5.41) is 0. The number of piperidine rings is 1. The van der Waals surface area contributed by atoms with E-state index in [0.717, 1.165) is 14.3 Å². The largest absolute Gasteiger partial charge is 0.250 e. The molecular weight excluding hydrogens is 340 g/mol. The molecule has 1 aliphatic heterocycles. The van der Waals surface area contributed by atoms with Crippen LogP contribution in [0.25, 0.3) is 0 Å². The molecule has 106 valence electrons. The average molecular weight is 354 g/mol. The molecule has 1 heterocycles. The lowest BCUT2D eigenvalue weighted by Crippen LogP contribution is -2.42. The Hall–Kier alpha value is -0.530. The maximum atomic E-state index is 13.1. The zero-order chi connectivity index (χ0) is 14.3. The van der Waals surface area contributed by atoms with E-state index in [9.17, 15) is 17.2 Å². The summed E-state index contributed by atoms with van der Waals surface area (Å²) in [6.45, 7) is 1.52. The van der Waals surface area contributed by atoms with Gasteiger partial charge in [0, 0.05) is 30.4 Å². The summed E-state index contributed by atoms with van der Waals surface area (Å²) >= 11 is 3.30. The van der Waals surface area contributed by atoms with E-state index in [1.165, 1.54) is 6.07 Å². The Morgan fingerprint density at radius 1 is 1.26 bits per heavy atom. The summed E-state index contributed by atoms with van der Waals surface area (Å²) in [6, 6.07) is 4.69. The molecule has 1 saturated heterocycles. The molecule has 19 heavy (non-hydrogen) atoms. The van der Waals surface area contributed by atoms with Gasteiger partial charge < -0.3 is 0 Å². The van der Waals surface area contributed by atoms with E-state index in [-0.39, 0.29) is 18.0 Å². The Morgan fingerprint density at radius 3 is 2.37 bits per heavy atom. The highest BCUT2D eigenvalue weighted by atomic mass is 79.9. The van der Waals surface area contributed by atoms with Gasteiger partial charge in [-0.2, -0.15) is 4.31 Å². The fourth-order valence-electron chi connectivity index (χ4n) is 1.98. The van der Waals surface area contributed by atoms with Gasteiger partial charge in [0.15, 0.2) is 0 Å². The quantitative estimate of drug-likeness (QED) is 0.818. The highest BCUT2D eigenvalue weighted by molar-refractivity contribution is 9.10. The van der Waals surface area contributed by atoms with Gasteiger partial charge in [-0.25, -0.2) is 17.2 Å². The van der Waals surface area contributed by atoms with Crippen molar-refractivity contribution >= 4 is 26.0 Å². The van der Waals surface area contributed by atoms with Crippen LogP contribution in [-0.4, -0.2) is 31.7 Å². The SMILES string of the molecule is Cc1cc(S(=O)(=O)N2CCC(F)(F)CC2)ccc1Br. The van der Waals surface area contributed by atoms with E-state index in [4.69, 9.17) is 0 Å². The van der Waals surface area contributed by atoms with Crippen molar-refractivity contribution in [3.63, 3.8) is 0 Å². The molecule has 0 aromatic heterocycles. The van der Waals surface area contributed by atoms with E-state index >= 15 is 0 Å². The summed E-state index contributed by atoms with van der Waals surface area (Å²) in [5.74, 6) is -2.75. The van der Waals surface area contributed by atoms with E-state index < -0.39 is 28.8 Å². The molecule has 0 aliphatic carbocycles. The Balaban J connectivity index is 2.25.